The largest absolute Gasteiger partial charge is 0.332 e. The monoisotopic (exact) mass is 427 g/mol. The molecule has 2 heterocycles. The van der Waals surface area contributed by atoms with Crippen LogP contribution in [0.15, 0.2) is 12.1 Å². The number of rotatable bonds is 4. The molecule has 3 amide bonds. The lowest BCUT2D eigenvalue weighted by Crippen LogP contribution is -2.42. The molecule has 2 aliphatic rings. The minimum atomic E-state index is -3.94. The standard InChI is InChI=1S/C14H13Cl2F2N3O4S/c15-6-26(24,25)19-10-5-11(9(18)4-8(10)16)21-13(22)12-3-7(17)1-2-20(12)14(21)23/h4-5,7,12,19H,1-3,6H2/t7-,12+/m0/s1. The van der Waals surface area contributed by atoms with E-state index >= 15 is 0 Å². The first-order valence-electron chi connectivity index (χ1n) is 7.48. The second-order valence-corrected chi connectivity index (χ2v) is 8.61. The van der Waals surface area contributed by atoms with Gasteiger partial charge in [-0.05, 0) is 18.6 Å². The van der Waals surface area contributed by atoms with E-state index in [0.717, 1.165) is 12.1 Å². The van der Waals surface area contributed by atoms with E-state index in [-0.39, 0.29) is 30.1 Å². The molecule has 0 aliphatic carbocycles. The van der Waals surface area contributed by atoms with E-state index in [1.165, 1.54) is 4.90 Å². The van der Waals surface area contributed by atoms with Gasteiger partial charge in [-0.1, -0.05) is 11.6 Å². The van der Waals surface area contributed by atoms with Crippen LogP contribution < -0.4 is 9.62 Å². The number of fused-ring (bicyclic) bond motifs is 1. The summed E-state index contributed by atoms with van der Waals surface area (Å²) in [5, 5.41) is -1.05. The van der Waals surface area contributed by atoms with Gasteiger partial charge in [0.1, 0.15) is 23.2 Å². The summed E-state index contributed by atoms with van der Waals surface area (Å²) in [5.41, 5.74) is -0.709. The van der Waals surface area contributed by atoms with Gasteiger partial charge in [0, 0.05) is 13.0 Å². The van der Waals surface area contributed by atoms with Gasteiger partial charge in [0.05, 0.1) is 16.4 Å². The molecule has 2 aliphatic heterocycles. The van der Waals surface area contributed by atoms with Crippen LogP contribution in [0.5, 0.6) is 0 Å². The number of halogens is 4. The Labute approximate surface area is 157 Å². The average molecular weight is 428 g/mol. The van der Waals surface area contributed by atoms with Crippen molar-refractivity contribution in [1.29, 1.82) is 0 Å². The van der Waals surface area contributed by atoms with Gasteiger partial charge >= 0.3 is 6.03 Å². The first kappa shape index (κ1) is 19.1. The molecular weight excluding hydrogens is 415 g/mol. The van der Waals surface area contributed by atoms with E-state index in [9.17, 15) is 26.8 Å². The van der Waals surface area contributed by atoms with Crippen molar-refractivity contribution in [2.24, 2.45) is 0 Å². The van der Waals surface area contributed by atoms with E-state index in [2.05, 4.69) is 0 Å². The topological polar surface area (TPSA) is 86.8 Å². The number of piperidine rings is 1. The van der Waals surface area contributed by atoms with E-state index in [1.54, 1.807) is 0 Å². The molecule has 1 aromatic carbocycles. The lowest BCUT2D eigenvalue weighted by Gasteiger charge is -2.28. The molecule has 12 heteroatoms. The van der Waals surface area contributed by atoms with Crippen molar-refractivity contribution in [2.75, 3.05) is 21.4 Å². The van der Waals surface area contributed by atoms with Gasteiger partial charge in [-0.15, -0.1) is 11.6 Å². The highest BCUT2D eigenvalue weighted by atomic mass is 35.5. The van der Waals surface area contributed by atoms with Crippen LogP contribution in [0.1, 0.15) is 12.8 Å². The highest BCUT2D eigenvalue weighted by Gasteiger charge is 2.49. The minimum Gasteiger partial charge on any atom is -0.312 e. The summed E-state index contributed by atoms with van der Waals surface area (Å²) < 4.78 is 53.2. The van der Waals surface area contributed by atoms with Gasteiger partial charge in [0.2, 0.25) is 10.0 Å². The minimum absolute atomic E-state index is 0.0356. The van der Waals surface area contributed by atoms with Crippen molar-refractivity contribution < 1.29 is 26.8 Å². The molecule has 0 aromatic heterocycles. The summed E-state index contributed by atoms with van der Waals surface area (Å²) in [5.74, 6) is -1.77. The number of carbonyl (C=O) groups excluding carboxylic acids is 2. The zero-order valence-corrected chi connectivity index (χ0v) is 15.4. The average Bonchev–Trinajstić information content (AvgIpc) is 2.81. The van der Waals surface area contributed by atoms with Gasteiger partial charge in [-0.3, -0.25) is 9.52 Å². The molecule has 1 aromatic rings. The quantitative estimate of drug-likeness (QED) is 0.590. The summed E-state index contributed by atoms with van der Waals surface area (Å²) in [6.45, 7) is 0.0356. The fourth-order valence-electron chi connectivity index (χ4n) is 2.96. The summed E-state index contributed by atoms with van der Waals surface area (Å²) in [6, 6.07) is -0.0922. The van der Waals surface area contributed by atoms with Crippen molar-refractivity contribution in [3.05, 3.63) is 23.0 Å². The summed E-state index contributed by atoms with van der Waals surface area (Å²) in [6.07, 6.45) is -1.30. The highest BCUT2D eigenvalue weighted by molar-refractivity contribution is 7.93. The van der Waals surface area contributed by atoms with Crippen LogP contribution in [0.2, 0.25) is 5.02 Å². The molecule has 0 bridgehead atoms. The molecule has 3 rings (SSSR count). The van der Waals surface area contributed by atoms with Crippen molar-refractivity contribution >= 4 is 56.5 Å². The zero-order chi connectivity index (χ0) is 19.2. The summed E-state index contributed by atoms with van der Waals surface area (Å²) in [7, 11) is -3.94. The van der Waals surface area contributed by atoms with Crippen LogP contribution in [0.4, 0.5) is 25.0 Å². The second kappa shape index (κ2) is 6.82. The number of sulfonamides is 1. The first-order valence-corrected chi connectivity index (χ1v) is 10.0. The van der Waals surface area contributed by atoms with E-state index < -0.39 is 50.9 Å². The molecule has 2 fully saturated rings. The smallest absolute Gasteiger partial charge is 0.312 e. The molecule has 2 atom stereocenters. The predicted octanol–water partition coefficient (Wildman–Crippen LogP) is 2.69. The Morgan fingerprint density at radius 2 is 2.00 bits per heavy atom. The van der Waals surface area contributed by atoms with E-state index in [0.29, 0.717) is 4.90 Å². The van der Waals surface area contributed by atoms with Crippen molar-refractivity contribution in [2.45, 2.75) is 25.1 Å². The zero-order valence-electron chi connectivity index (χ0n) is 13.1. The second-order valence-electron chi connectivity index (χ2n) is 5.90. The van der Waals surface area contributed by atoms with Gasteiger partial charge in [-0.2, -0.15) is 0 Å². The van der Waals surface area contributed by atoms with E-state index in [1.807, 2.05) is 4.72 Å². The van der Waals surface area contributed by atoms with Crippen LogP contribution in [0.3, 0.4) is 0 Å². The summed E-state index contributed by atoms with van der Waals surface area (Å²) >= 11 is 11.1. The van der Waals surface area contributed by atoms with Crippen LogP contribution >= 0.6 is 23.2 Å². The fraction of sp³-hybridized carbons (Fsp3) is 0.429. The lowest BCUT2D eigenvalue weighted by molar-refractivity contribution is -0.121. The number of imide groups is 1. The van der Waals surface area contributed by atoms with Gasteiger partial charge in [-0.25, -0.2) is 26.9 Å². The lowest BCUT2D eigenvalue weighted by atomic mass is 10.0. The van der Waals surface area contributed by atoms with Crippen LogP contribution in [0, 0.1) is 5.82 Å². The predicted molar refractivity (Wildman–Crippen MR) is 92.2 cm³/mol. The number of amides is 3. The Bertz CT molecular complexity index is 883. The number of benzene rings is 1. The van der Waals surface area contributed by atoms with Crippen LogP contribution in [-0.4, -0.2) is 49.2 Å². The SMILES string of the molecule is O=C1[C@H]2C[C@@H](F)CCN2C(=O)N1c1cc(NS(=O)(=O)CCl)c(Cl)cc1F. The molecule has 0 unspecified atom stereocenters. The van der Waals surface area contributed by atoms with Gasteiger partial charge in [0.15, 0.2) is 0 Å². The summed E-state index contributed by atoms with van der Waals surface area (Å²) in [4.78, 5) is 26.8. The third-order valence-corrected chi connectivity index (χ3v) is 6.16. The van der Waals surface area contributed by atoms with Crippen LogP contribution in [0.25, 0.3) is 0 Å². The maximum atomic E-state index is 14.4. The number of carbonyl (C=O) groups is 2. The fourth-order valence-corrected chi connectivity index (χ4v) is 3.94. The van der Waals surface area contributed by atoms with Gasteiger partial charge < -0.3 is 4.90 Å². The molecule has 1 N–H and O–H groups in total. The van der Waals surface area contributed by atoms with Crippen molar-refractivity contribution in [1.82, 2.24) is 4.90 Å². The normalized spacial score (nSPS) is 23.4. The van der Waals surface area contributed by atoms with E-state index in [4.69, 9.17) is 23.2 Å². The Hall–Kier alpha value is -1.65. The molecule has 7 nitrogen and oxygen atoms in total. The number of hydrogen-bond donors (Lipinski definition) is 1. The molecular formula is C14H13Cl2F2N3O4S. The van der Waals surface area contributed by atoms with Crippen molar-refractivity contribution in [3.8, 4) is 0 Å². The Morgan fingerprint density at radius 1 is 1.31 bits per heavy atom. The number of nitrogens with zero attached hydrogens (tertiary/aromatic N) is 2. The highest BCUT2D eigenvalue weighted by Crippen LogP contribution is 2.36. The van der Waals surface area contributed by atoms with Crippen LogP contribution in [-0.2, 0) is 14.8 Å². The van der Waals surface area contributed by atoms with Gasteiger partial charge in [0.25, 0.3) is 5.91 Å². The Morgan fingerprint density at radius 3 is 2.65 bits per heavy atom. The molecule has 0 spiro atoms. The first-order chi connectivity index (χ1) is 12.1. The molecule has 142 valence electrons. The Balaban J connectivity index is 2.01. The number of hydrogen-bond acceptors (Lipinski definition) is 4. The third-order valence-electron chi connectivity index (χ3n) is 4.17. The maximum absolute atomic E-state index is 14.4. The molecule has 0 saturated carbocycles. The third kappa shape index (κ3) is 3.33. The Kier molecular flexibility index (Phi) is 5.02. The number of alkyl halides is 2. The number of urea groups is 1. The molecule has 0 radical (unpaired) electrons. The van der Waals surface area contributed by atoms with Crippen molar-refractivity contribution in [3.63, 3.8) is 0 Å². The number of nitrogens with one attached hydrogen (secondary N) is 1. The number of anilines is 2. The molecule has 2 saturated heterocycles. The molecule has 26 heavy (non-hydrogen) atoms. The maximum Gasteiger partial charge on any atom is 0.332 e.